The fourth-order valence-corrected chi connectivity index (χ4v) is 0.641. The quantitative estimate of drug-likeness (QED) is 0.572. The Labute approximate surface area is 62.0 Å². The Morgan fingerprint density at radius 3 is 2.70 bits per heavy atom. The number of aliphatic hydroxyl groups is 1. The normalized spacial score (nSPS) is 16.2. The number of rotatable bonds is 3. The highest BCUT2D eigenvalue weighted by atomic mass is 16.3. The summed E-state index contributed by atoms with van der Waals surface area (Å²) >= 11 is 0. The van der Waals surface area contributed by atoms with Gasteiger partial charge in [-0.3, -0.25) is 0 Å². The molecule has 3 N–H and O–H groups in total. The fourth-order valence-electron chi connectivity index (χ4n) is 0.641. The molecule has 2 nitrogen and oxygen atoms in total. The zero-order chi connectivity index (χ0) is 7.98. The molecule has 1 unspecified atom stereocenters. The molecule has 0 saturated carbocycles. The Kier molecular flexibility index (Phi) is 4.89. The van der Waals surface area contributed by atoms with Crippen LogP contribution in [0.3, 0.4) is 0 Å². The average molecular weight is 141 g/mol. The van der Waals surface area contributed by atoms with Crippen molar-refractivity contribution < 1.29 is 5.11 Å². The van der Waals surface area contributed by atoms with Gasteiger partial charge >= 0.3 is 0 Å². The summed E-state index contributed by atoms with van der Waals surface area (Å²) < 4.78 is 0. The first-order chi connectivity index (χ1) is 4.72. The van der Waals surface area contributed by atoms with E-state index in [1.807, 2.05) is 26.0 Å². The standard InChI is InChI=1S/C8H15NO/c1-3-4-8(10)7(2)5-6-9/h3-5,8,10H,6,9H2,1-2H3/b4-3+,7-5-. The maximum absolute atomic E-state index is 9.24. The molecule has 0 aromatic carbocycles. The van der Waals surface area contributed by atoms with Crippen LogP contribution >= 0.6 is 0 Å². The van der Waals surface area contributed by atoms with E-state index in [2.05, 4.69) is 0 Å². The van der Waals surface area contributed by atoms with E-state index in [0.29, 0.717) is 6.54 Å². The largest absolute Gasteiger partial charge is 0.385 e. The molecule has 0 amide bonds. The van der Waals surface area contributed by atoms with Crippen molar-refractivity contribution in [2.24, 2.45) is 5.73 Å². The van der Waals surface area contributed by atoms with Crippen LogP contribution in [0, 0.1) is 0 Å². The third kappa shape index (κ3) is 3.43. The highest BCUT2D eigenvalue weighted by molar-refractivity contribution is 5.12. The van der Waals surface area contributed by atoms with Crippen LogP contribution < -0.4 is 5.73 Å². The molecule has 0 radical (unpaired) electrons. The van der Waals surface area contributed by atoms with Gasteiger partial charge in [0.25, 0.3) is 0 Å². The van der Waals surface area contributed by atoms with E-state index in [-0.39, 0.29) is 0 Å². The molecule has 0 fully saturated rings. The lowest BCUT2D eigenvalue weighted by Gasteiger charge is -2.03. The highest BCUT2D eigenvalue weighted by Crippen LogP contribution is 2.00. The molecule has 0 heterocycles. The Bertz CT molecular complexity index is 138. The summed E-state index contributed by atoms with van der Waals surface area (Å²) in [5, 5.41) is 9.24. The molecular formula is C8H15NO. The van der Waals surface area contributed by atoms with Crippen molar-refractivity contribution in [3.8, 4) is 0 Å². The van der Waals surface area contributed by atoms with E-state index in [1.54, 1.807) is 6.08 Å². The summed E-state index contributed by atoms with van der Waals surface area (Å²) in [6, 6.07) is 0. The van der Waals surface area contributed by atoms with Crippen molar-refractivity contribution in [2.45, 2.75) is 20.0 Å². The second kappa shape index (κ2) is 5.21. The molecule has 10 heavy (non-hydrogen) atoms. The number of hydrogen-bond donors (Lipinski definition) is 2. The molecule has 0 aromatic heterocycles. The van der Waals surface area contributed by atoms with Crippen molar-refractivity contribution in [3.05, 3.63) is 23.8 Å². The highest BCUT2D eigenvalue weighted by Gasteiger charge is 1.97. The van der Waals surface area contributed by atoms with Gasteiger partial charge in [0, 0.05) is 6.54 Å². The third-order valence-corrected chi connectivity index (χ3v) is 1.28. The molecule has 0 aliphatic heterocycles. The lowest BCUT2D eigenvalue weighted by molar-refractivity contribution is 0.259. The maximum Gasteiger partial charge on any atom is 0.0929 e. The first kappa shape index (κ1) is 9.40. The van der Waals surface area contributed by atoms with E-state index in [0.717, 1.165) is 5.57 Å². The lowest BCUT2D eigenvalue weighted by atomic mass is 10.1. The van der Waals surface area contributed by atoms with Crippen molar-refractivity contribution in [3.63, 3.8) is 0 Å². The number of allylic oxidation sites excluding steroid dienone is 1. The number of hydrogen-bond acceptors (Lipinski definition) is 2. The van der Waals surface area contributed by atoms with Crippen molar-refractivity contribution in [1.29, 1.82) is 0 Å². The van der Waals surface area contributed by atoms with Gasteiger partial charge in [-0.2, -0.15) is 0 Å². The average Bonchev–Trinajstić information content (AvgIpc) is 1.89. The molecule has 1 atom stereocenters. The van der Waals surface area contributed by atoms with Gasteiger partial charge in [-0.15, -0.1) is 0 Å². The molecule has 0 rings (SSSR count). The Hall–Kier alpha value is -0.600. The summed E-state index contributed by atoms with van der Waals surface area (Å²) in [6.07, 6.45) is 4.89. The first-order valence-electron chi connectivity index (χ1n) is 3.40. The summed E-state index contributed by atoms with van der Waals surface area (Å²) in [4.78, 5) is 0. The van der Waals surface area contributed by atoms with Crippen LogP contribution in [0.2, 0.25) is 0 Å². The van der Waals surface area contributed by atoms with Gasteiger partial charge in [-0.1, -0.05) is 18.2 Å². The molecular weight excluding hydrogens is 126 g/mol. The molecule has 0 saturated heterocycles. The lowest BCUT2D eigenvalue weighted by Crippen LogP contribution is -2.06. The molecule has 0 spiro atoms. The van der Waals surface area contributed by atoms with Gasteiger partial charge in [0.05, 0.1) is 6.10 Å². The Morgan fingerprint density at radius 1 is 1.70 bits per heavy atom. The maximum atomic E-state index is 9.24. The molecule has 2 heteroatoms. The molecule has 0 aliphatic carbocycles. The van der Waals surface area contributed by atoms with Crippen LogP contribution in [0.25, 0.3) is 0 Å². The topological polar surface area (TPSA) is 46.2 Å². The van der Waals surface area contributed by atoms with Gasteiger partial charge in [0.15, 0.2) is 0 Å². The second-order valence-corrected chi connectivity index (χ2v) is 2.15. The van der Waals surface area contributed by atoms with Gasteiger partial charge in [0.2, 0.25) is 0 Å². The van der Waals surface area contributed by atoms with E-state index in [4.69, 9.17) is 5.73 Å². The number of aliphatic hydroxyl groups excluding tert-OH is 1. The minimum absolute atomic E-state index is 0.464. The Morgan fingerprint density at radius 2 is 2.30 bits per heavy atom. The number of nitrogens with two attached hydrogens (primary N) is 1. The smallest absolute Gasteiger partial charge is 0.0929 e. The van der Waals surface area contributed by atoms with E-state index < -0.39 is 6.10 Å². The van der Waals surface area contributed by atoms with E-state index in [9.17, 15) is 5.11 Å². The van der Waals surface area contributed by atoms with Crippen LogP contribution in [0.1, 0.15) is 13.8 Å². The first-order valence-corrected chi connectivity index (χ1v) is 3.40. The Balaban J connectivity index is 3.93. The summed E-state index contributed by atoms with van der Waals surface area (Å²) in [5.41, 5.74) is 6.16. The van der Waals surface area contributed by atoms with Gasteiger partial charge < -0.3 is 10.8 Å². The van der Waals surface area contributed by atoms with Crippen LogP contribution in [-0.4, -0.2) is 17.8 Å². The van der Waals surface area contributed by atoms with E-state index >= 15 is 0 Å². The SMILES string of the molecule is C/C=C/C(O)/C(C)=C\CN. The van der Waals surface area contributed by atoms with Crippen molar-refractivity contribution >= 4 is 0 Å². The van der Waals surface area contributed by atoms with Gasteiger partial charge in [0.1, 0.15) is 0 Å². The predicted octanol–water partition coefficient (Wildman–Crippen LogP) is 0.828. The zero-order valence-corrected chi connectivity index (χ0v) is 6.54. The fraction of sp³-hybridized carbons (Fsp3) is 0.500. The van der Waals surface area contributed by atoms with Gasteiger partial charge in [-0.25, -0.2) is 0 Å². The summed E-state index contributed by atoms with van der Waals surface area (Å²) in [5.74, 6) is 0. The zero-order valence-electron chi connectivity index (χ0n) is 6.54. The van der Waals surface area contributed by atoms with Gasteiger partial charge in [-0.05, 0) is 19.4 Å². The van der Waals surface area contributed by atoms with E-state index in [1.165, 1.54) is 0 Å². The van der Waals surface area contributed by atoms with Crippen molar-refractivity contribution in [2.75, 3.05) is 6.54 Å². The van der Waals surface area contributed by atoms with Crippen LogP contribution in [0.15, 0.2) is 23.8 Å². The minimum Gasteiger partial charge on any atom is -0.385 e. The van der Waals surface area contributed by atoms with Crippen LogP contribution in [0.5, 0.6) is 0 Å². The minimum atomic E-state index is -0.464. The molecule has 0 aromatic rings. The monoisotopic (exact) mass is 141 g/mol. The van der Waals surface area contributed by atoms with Crippen LogP contribution in [-0.2, 0) is 0 Å². The molecule has 0 bridgehead atoms. The predicted molar refractivity (Wildman–Crippen MR) is 43.6 cm³/mol. The van der Waals surface area contributed by atoms with Crippen molar-refractivity contribution in [1.82, 2.24) is 0 Å². The third-order valence-electron chi connectivity index (χ3n) is 1.28. The second-order valence-electron chi connectivity index (χ2n) is 2.15. The van der Waals surface area contributed by atoms with Crippen LogP contribution in [0.4, 0.5) is 0 Å². The summed E-state index contributed by atoms with van der Waals surface area (Å²) in [6.45, 7) is 4.22. The molecule has 0 aliphatic rings. The summed E-state index contributed by atoms with van der Waals surface area (Å²) in [7, 11) is 0. The molecule has 58 valence electrons.